The van der Waals surface area contributed by atoms with Crippen LogP contribution in [-0.4, -0.2) is 36.6 Å². The van der Waals surface area contributed by atoms with E-state index < -0.39 is 11.5 Å². The van der Waals surface area contributed by atoms with Gasteiger partial charge in [-0.15, -0.1) is 0 Å². The molecule has 1 N–H and O–H groups in total. The quantitative estimate of drug-likeness (QED) is 0.664. The highest BCUT2D eigenvalue weighted by molar-refractivity contribution is 5.84. The lowest BCUT2D eigenvalue weighted by atomic mass is 9.85. The molecule has 6 heteroatoms. The minimum absolute atomic E-state index is 0.00587. The zero-order valence-corrected chi connectivity index (χ0v) is 19.5. The lowest BCUT2D eigenvalue weighted by molar-refractivity contribution is -0.141. The van der Waals surface area contributed by atoms with Gasteiger partial charge in [-0.25, -0.2) is 0 Å². The standard InChI is InChI=1S/C26H30N2O4/c1-15-7-8-17-12-19(24(29)27-20(17)11-15)23-18-14-22(32-6)21(31-5)13-16(18)9-10-28(23)25(30)26(2,3)4/h7-8,11-14,23H,9-10H2,1-6H3,(H,27,29)/t23-/m1/s1. The molecule has 0 fully saturated rings. The van der Waals surface area contributed by atoms with E-state index in [1.807, 2.05) is 69.0 Å². The number of nitrogens with zero attached hydrogens (tertiary/aromatic N) is 1. The second-order valence-electron chi connectivity index (χ2n) is 9.45. The van der Waals surface area contributed by atoms with E-state index in [4.69, 9.17) is 9.47 Å². The molecule has 3 aromatic rings. The fourth-order valence-electron chi connectivity index (χ4n) is 4.47. The van der Waals surface area contributed by atoms with Gasteiger partial charge in [-0.1, -0.05) is 32.9 Å². The number of pyridine rings is 1. The fourth-order valence-corrected chi connectivity index (χ4v) is 4.47. The molecule has 1 amide bonds. The molecule has 1 aliphatic heterocycles. The van der Waals surface area contributed by atoms with E-state index in [1.165, 1.54) is 0 Å². The number of amides is 1. The normalized spacial score (nSPS) is 16.1. The number of carbonyl (C=O) groups excluding carboxylic acids is 1. The highest BCUT2D eigenvalue weighted by atomic mass is 16.5. The van der Waals surface area contributed by atoms with Crippen molar-refractivity contribution < 1.29 is 14.3 Å². The van der Waals surface area contributed by atoms with Gasteiger partial charge in [-0.3, -0.25) is 9.59 Å². The summed E-state index contributed by atoms with van der Waals surface area (Å²) in [5, 5.41) is 0.931. The summed E-state index contributed by atoms with van der Waals surface area (Å²) in [6.45, 7) is 8.23. The van der Waals surface area contributed by atoms with Crippen molar-refractivity contribution in [1.29, 1.82) is 0 Å². The molecule has 6 nitrogen and oxygen atoms in total. The summed E-state index contributed by atoms with van der Waals surface area (Å²) in [6.07, 6.45) is 0.679. The van der Waals surface area contributed by atoms with Crippen LogP contribution in [0.25, 0.3) is 10.9 Å². The summed E-state index contributed by atoms with van der Waals surface area (Å²) >= 11 is 0. The highest BCUT2D eigenvalue weighted by Crippen LogP contribution is 2.42. The maximum Gasteiger partial charge on any atom is 0.254 e. The molecule has 4 rings (SSSR count). The molecule has 2 aromatic carbocycles. The van der Waals surface area contributed by atoms with Crippen LogP contribution in [-0.2, 0) is 11.2 Å². The number of carbonyl (C=O) groups is 1. The van der Waals surface area contributed by atoms with E-state index in [2.05, 4.69) is 4.98 Å². The van der Waals surface area contributed by atoms with Crippen LogP contribution >= 0.6 is 0 Å². The zero-order chi connectivity index (χ0) is 23.2. The largest absolute Gasteiger partial charge is 0.493 e. The number of aryl methyl sites for hydroxylation is 1. The van der Waals surface area contributed by atoms with Crippen molar-refractivity contribution in [3.05, 3.63) is 69.0 Å². The van der Waals surface area contributed by atoms with Gasteiger partial charge in [-0.2, -0.15) is 0 Å². The number of benzene rings is 2. The molecule has 1 atom stereocenters. The van der Waals surface area contributed by atoms with Gasteiger partial charge in [0.1, 0.15) is 0 Å². The van der Waals surface area contributed by atoms with Gasteiger partial charge in [-0.05, 0) is 59.7 Å². The topological polar surface area (TPSA) is 71.6 Å². The first kappa shape index (κ1) is 21.9. The molecule has 0 aliphatic carbocycles. The molecule has 0 spiro atoms. The number of methoxy groups -OCH3 is 2. The lowest BCUT2D eigenvalue weighted by Crippen LogP contribution is -2.47. The van der Waals surface area contributed by atoms with Gasteiger partial charge in [0.15, 0.2) is 11.5 Å². The second-order valence-corrected chi connectivity index (χ2v) is 9.45. The van der Waals surface area contributed by atoms with Crippen LogP contribution in [0.2, 0.25) is 0 Å². The summed E-state index contributed by atoms with van der Waals surface area (Å²) in [4.78, 5) is 31.6. The number of rotatable bonds is 3. The fraction of sp³-hybridized carbons (Fsp3) is 0.385. The molecule has 1 aromatic heterocycles. The minimum atomic E-state index is -0.576. The summed E-state index contributed by atoms with van der Waals surface area (Å²) in [5.74, 6) is 1.23. The smallest absolute Gasteiger partial charge is 0.254 e. The molecule has 2 heterocycles. The van der Waals surface area contributed by atoms with Crippen LogP contribution < -0.4 is 15.0 Å². The SMILES string of the molecule is COc1cc2c(cc1OC)[C@H](c1cc3ccc(C)cc3[nH]c1=O)N(C(=O)C(C)(C)C)CC2. The third-order valence-corrected chi connectivity index (χ3v) is 6.10. The second kappa shape index (κ2) is 8.01. The van der Waals surface area contributed by atoms with E-state index in [-0.39, 0.29) is 11.5 Å². The number of aromatic nitrogens is 1. The zero-order valence-electron chi connectivity index (χ0n) is 19.5. The van der Waals surface area contributed by atoms with Crippen LogP contribution in [0.3, 0.4) is 0 Å². The molecular weight excluding hydrogens is 404 g/mol. The third-order valence-electron chi connectivity index (χ3n) is 6.10. The van der Waals surface area contributed by atoms with E-state index in [1.54, 1.807) is 14.2 Å². The molecular formula is C26H30N2O4. The number of fused-ring (bicyclic) bond motifs is 2. The summed E-state index contributed by atoms with van der Waals surface area (Å²) in [7, 11) is 3.20. The van der Waals surface area contributed by atoms with Crippen LogP contribution in [0.4, 0.5) is 0 Å². The molecule has 0 bridgehead atoms. The van der Waals surface area contributed by atoms with Gasteiger partial charge in [0, 0.05) is 23.0 Å². The van der Waals surface area contributed by atoms with Crippen molar-refractivity contribution in [3.8, 4) is 11.5 Å². The van der Waals surface area contributed by atoms with Crippen LogP contribution in [0.1, 0.15) is 49.1 Å². The Kier molecular flexibility index (Phi) is 5.49. The van der Waals surface area contributed by atoms with Gasteiger partial charge < -0.3 is 19.4 Å². The van der Waals surface area contributed by atoms with Crippen molar-refractivity contribution in [3.63, 3.8) is 0 Å². The van der Waals surface area contributed by atoms with Gasteiger partial charge in [0.05, 0.1) is 20.3 Å². The minimum Gasteiger partial charge on any atom is -0.493 e. The Hall–Kier alpha value is -3.28. The van der Waals surface area contributed by atoms with E-state index in [0.29, 0.717) is 30.0 Å². The molecule has 32 heavy (non-hydrogen) atoms. The molecule has 0 saturated carbocycles. The Morgan fingerprint density at radius 1 is 1.03 bits per heavy atom. The molecule has 168 valence electrons. The van der Waals surface area contributed by atoms with Gasteiger partial charge in [0.2, 0.25) is 5.91 Å². The van der Waals surface area contributed by atoms with Gasteiger partial charge in [0.25, 0.3) is 5.56 Å². The van der Waals surface area contributed by atoms with E-state index in [9.17, 15) is 9.59 Å². The van der Waals surface area contributed by atoms with Crippen molar-refractivity contribution in [2.24, 2.45) is 5.41 Å². The Bertz CT molecular complexity index is 1250. The van der Waals surface area contributed by atoms with Crippen molar-refractivity contribution in [1.82, 2.24) is 9.88 Å². The molecule has 0 radical (unpaired) electrons. The predicted octanol–water partition coefficient (Wildman–Crippen LogP) is 4.37. The first-order chi connectivity index (χ1) is 15.1. The highest BCUT2D eigenvalue weighted by Gasteiger charge is 2.38. The van der Waals surface area contributed by atoms with Crippen molar-refractivity contribution in [2.75, 3.05) is 20.8 Å². The number of nitrogens with one attached hydrogen (secondary N) is 1. The number of H-pyrrole nitrogens is 1. The van der Waals surface area contributed by atoms with E-state index >= 15 is 0 Å². The predicted molar refractivity (Wildman–Crippen MR) is 126 cm³/mol. The number of hydrogen-bond donors (Lipinski definition) is 1. The Balaban J connectivity index is 1.98. The summed E-state index contributed by atoms with van der Waals surface area (Å²) < 4.78 is 11.0. The third kappa shape index (κ3) is 3.74. The first-order valence-electron chi connectivity index (χ1n) is 10.8. The maximum atomic E-state index is 13.5. The number of aromatic amines is 1. The van der Waals surface area contributed by atoms with Crippen LogP contribution in [0, 0.1) is 12.3 Å². The first-order valence-corrected chi connectivity index (χ1v) is 10.8. The summed E-state index contributed by atoms with van der Waals surface area (Å²) in [5.41, 5.74) is 3.58. The van der Waals surface area contributed by atoms with Crippen molar-refractivity contribution >= 4 is 16.8 Å². The Morgan fingerprint density at radius 2 is 1.72 bits per heavy atom. The monoisotopic (exact) mass is 434 g/mol. The summed E-state index contributed by atoms with van der Waals surface area (Å²) in [6, 6.07) is 11.2. The Morgan fingerprint density at radius 3 is 2.38 bits per heavy atom. The average molecular weight is 435 g/mol. The average Bonchev–Trinajstić information content (AvgIpc) is 2.75. The maximum absolute atomic E-state index is 13.5. The van der Waals surface area contributed by atoms with Gasteiger partial charge >= 0.3 is 0 Å². The van der Waals surface area contributed by atoms with E-state index in [0.717, 1.165) is 27.6 Å². The number of hydrogen-bond acceptors (Lipinski definition) is 4. The molecule has 0 unspecified atom stereocenters. The Labute approximate surface area is 188 Å². The number of ether oxygens (including phenoxy) is 2. The van der Waals surface area contributed by atoms with Crippen LogP contribution in [0.15, 0.2) is 41.2 Å². The molecule has 1 aliphatic rings. The van der Waals surface area contributed by atoms with Crippen molar-refractivity contribution in [2.45, 2.75) is 40.2 Å². The molecule has 0 saturated heterocycles. The lowest BCUT2D eigenvalue weighted by Gasteiger charge is -2.40. The van der Waals surface area contributed by atoms with Crippen LogP contribution in [0.5, 0.6) is 11.5 Å².